The van der Waals surface area contributed by atoms with Gasteiger partial charge in [0.25, 0.3) is 0 Å². The van der Waals surface area contributed by atoms with Crippen LogP contribution in [0.1, 0.15) is 17.4 Å². The topological polar surface area (TPSA) is 69.4 Å². The van der Waals surface area contributed by atoms with Gasteiger partial charge in [0.15, 0.2) is 11.5 Å². The van der Waals surface area contributed by atoms with Crippen molar-refractivity contribution in [1.29, 1.82) is 0 Å². The van der Waals surface area contributed by atoms with Crippen LogP contribution < -0.4 is 9.47 Å². The molecule has 2 heterocycles. The monoisotopic (exact) mass is 341 g/mol. The number of aryl methyl sites for hydroxylation is 1. The molecule has 4 rings (SSSR count). The smallest absolute Gasteiger partial charge is 0.231 e. The number of aromatic nitrogens is 3. The molecule has 0 saturated heterocycles. The summed E-state index contributed by atoms with van der Waals surface area (Å²) in [6, 6.07) is 15.3. The highest BCUT2D eigenvalue weighted by molar-refractivity contribution is 7.99. The van der Waals surface area contributed by atoms with E-state index in [1.807, 2.05) is 43.4 Å². The minimum atomic E-state index is -0.889. The molecule has 1 aromatic heterocycles. The molecular weight excluding hydrogens is 326 g/mol. The Balaban J connectivity index is 1.66. The Hall–Kier alpha value is -2.51. The van der Waals surface area contributed by atoms with E-state index in [4.69, 9.17) is 9.47 Å². The van der Waals surface area contributed by atoms with E-state index in [2.05, 4.69) is 10.3 Å². The molecule has 1 aliphatic heterocycles. The summed E-state index contributed by atoms with van der Waals surface area (Å²) >= 11 is 1.52. The molecule has 0 saturated carbocycles. The molecule has 0 amide bonds. The molecule has 6 nitrogen and oxygen atoms in total. The van der Waals surface area contributed by atoms with Crippen LogP contribution in [0.3, 0.4) is 0 Å². The highest BCUT2D eigenvalue weighted by atomic mass is 32.2. The summed E-state index contributed by atoms with van der Waals surface area (Å²) in [5, 5.41) is 19.8. The molecular formula is C17H15N3O3S. The highest BCUT2D eigenvalue weighted by Crippen LogP contribution is 2.38. The molecule has 24 heavy (non-hydrogen) atoms. The van der Waals surface area contributed by atoms with Crippen molar-refractivity contribution in [3.63, 3.8) is 0 Å². The summed E-state index contributed by atoms with van der Waals surface area (Å²) in [4.78, 5) is 1.06. The van der Waals surface area contributed by atoms with E-state index in [0.29, 0.717) is 22.8 Å². The predicted octanol–water partition coefficient (Wildman–Crippen LogP) is 2.78. The number of ether oxygens (including phenoxy) is 2. The number of aliphatic hydroxyl groups excluding tert-OH is 1. The SMILES string of the molecule is Cn1nnc(C(O)c2ccc3c(c2)OCO3)c1Sc1ccccc1. The van der Waals surface area contributed by atoms with Gasteiger partial charge in [0.2, 0.25) is 6.79 Å². The first-order chi connectivity index (χ1) is 11.7. The Morgan fingerprint density at radius 3 is 2.75 bits per heavy atom. The van der Waals surface area contributed by atoms with Crippen LogP contribution in [0.5, 0.6) is 11.5 Å². The first-order valence-corrected chi connectivity index (χ1v) is 8.24. The predicted molar refractivity (Wildman–Crippen MR) is 88.2 cm³/mol. The van der Waals surface area contributed by atoms with Crippen LogP contribution in [-0.2, 0) is 7.05 Å². The maximum Gasteiger partial charge on any atom is 0.231 e. The van der Waals surface area contributed by atoms with Gasteiger partial charge in [-0.15, -0.1) is 5.10 Å². The lowest BCUT2D eigenvalue weighted by Gasteiger charge is -2.11. The Labute approximate surface area is 143 Å². The van der Waals surface area contributed by atoms with Crippen molar-refractivity contribution in [1.82, 2.24) is 15.0 Å². The summed E-state index contributed by atoms with van der Waals surface area (Å²) in [6.45, 7) is 0.204. The van der Waals surface area contributed by atoms with Crippen LogP contribution in [-0.4, -0.2) is 26.9 Å². The molecule has 1 atom stereocenters. The maximum absolute atomic E-state index is 10.8. The molecule has 7 heteroatoms. The molecule has 3 aromatic rings. The number of aliphatic hydroxyl groups is 1. The molecule has 0 fully saturated rings. The Bertz CT molecular complexity index is 867. The fourth-order valence-electron chi connectivity index (χ4n) is 2.50. The number of nitrogens with zero attached hydrogens (tertiary/aromatic N) is 3. The van der Waals surface area contributed by atoms with E-state index in [-0.39, 0.29) is 6.79 Å². The molecule has 2 aromatic carbocycles. The fourth-order valence-corrected chi connectivity index (χ4v) is 3.44. The first-order valence-electron chi connectivity index (χ1n) is 7.42. The van der Waals surface area contributed by atoms with Crippen molar-refractivity contribution >= 4 is 11.8 Å². The van der Waals surface area contributed by atoms with Gasteiger partial charge in [0.1, 0.15) is 16.8 Å². The van der Waals surface area contributed by atoms with Crippen LogP contribution in [0.4, 0.5) is 0 Å². The number of fused-ring (bicyclic) bond motifs is 1. The largest absolute Gasteiger partial charge is 0.454 e. The second-order valence-corrected chi connectivity index (χ2v) is 6.40. The molecule has 1 aliphatic rings. The van der Waals surface area contributed by atoms with Gasteiger partial charge in [-0.3, -0.25) is 0 Å². The van der Waals surface area contributed by atoms with E-state index in [0.717, 1.165) is 9.92 Å². The van der Waals surface area contributed by atoms with Crippen molar-refractivity contribution in [2.45, 2.75) is 16.0 Å². The molecule has 1 N–H and O–H groups in total. The lowest BCUT2D eigenvalue weighted by molar-refractivity contribution is 0.173. The van der Waals surface area contributed by atoms with Gasteiger partial charge in [-0.2, -0.15) is 0 Å². The molecule has 122 valence electrons. The van der Waals surface area contributed by atoms with Crippen molar-refractivity contribution in [3.8, 4) is 11.5 Å². The van der Waals surface area contributed by atoms with Crippen molar-refractivity contribution in [2.75, 3.05) is 6.79 Å². The van der Waals surface area contributed by atoms with E-state index >= 15 is 0 Å². The maximum atomic E-state index is 10.8. The summed E-state index contributed by atoms with van der Waals surface area (Å²) < 4.78 is 12.4. The van der Waals surface area contributed by atoms with Gasteiger partial charge in [-0.1, -0.05) is 41.2 Å². The zero-order valence-electron chi connectivity index (χ0n) is 12.9. The van der Waals surface area contributed by atoms with Gasteiger partial charge >= 0.3 is 0 Å². The fraction of sp³-hybridized carbons (Fsp3) is 0.176. The number of hydrogen-bond acceptors (Lipinski definition) is 6. The van der Waals surface area contributed by atoms with Crippen LogP contribution in [0.15, 0.2) is 58.5 Å². The molecule has 0 radical (unpaired) electrons. The van der Waals surface area contributed by atoms with Crippen LogP contribution in [0.2, 0.25) is 0 Å². The summed E-state index contributed by atoms with van der Waals surface area (Å²) in [6.07, 6.45) is -0.889. The first kappa shape index (κ1) is 15.0. The van der Waals surface area contributed by atoms with Gasteiger partial charge in [0, 0.05) is 11.9 Å². The van der Waals surface area contributed by atoms with Crippen LogP contribution in [0, 0.1) is 0 Å². The zero-order chi connectivity index (χ0) is 16.5. The second-order valence-electron chi connectivity index (χ2n) is 5.33. The lowest BCUT2D eigenvalue weighted by Crippen LogP contribution is -2.03. The molecule has 0 bridgehead atoms. The van der Waals surface area contributed by atoms with E-state index in [1.54, 1.807) is 16.8 Å². The van der Waals surface area contributed by atoms with Gasteiger partial charge in [0.05, 0.1) is 0 Å². The Morgan fingerprint density at radius 2 is 1.92 bits per heavy atom. The average Bonchev–Trinajstić information content (AvgIpc) is 3.22. The second kappa shape index (κ2) is 6.18. The summed E-state index contributed by atoms with van der Waals surface area (Å²) in [7, 11) is 1.81. The Kier molecular flexibility index (Phi) is 3.87. The lowest BCUT2D eigenvalue weighted by atomic mass is 10.1. The third-order valence-corrected chi connectivity index (χ3v) is 4.90. The van der Waals surface area contributed by atoms with Crippen molar-refractivity contribution in [3.05, 3.63) is 59.8 Å². The van der Waals surface area contributed by atoms with Gasteiger partial charge in [-0.25, -0.2) is 4.68 Å². The minimum Gasteiger partial charge on any atom is -0.454 e. The number of rotatable bonds is 4. The summed E-state index contributed by atoms with van der Waals surface area (Å²) in [5.41, 5.74) is 1.21. The molecule has 0 aliphatic carbocycles. The van der Waals surface area contributed by atoms with Crippen molar-refractivity contribution < 1.29 is 14.6 Å². The zero-order valence-corrected chi connectivity index (χ0v) is 13.7. The average molecular weight is 341 g/mol. The van der Waals surface area contributed by atoms with Crippen LogP contribution in [0.25, 0.3) is 0 Å². The van der Waals surface area contributed by atoms with Crippen LogP contribution >= 0.6 is 11.8 Å². The van der Waals surface area contributed by atoms with Crippen molar-refractivity contribution in [2.24, 2.45) is 7.05 Å². The highest BCUT2D eigenvalue weighted by Gasteiger charge is 2.24. The number of hydrogen-bond donors (Lipinski definition) is 1. The Morgan fingerprint density at radius 1 is 1.12 bits per heavy atom. The van der Waals surface area contributed by atoms with Gasteiger partial charge < -0.3 is 14.6 Å². The normalized spacial score (nSPS) is 13.9. The van der Waals surface area contributed by atoms with E-state index in [9.17, 15) is 5.11 Å². The van der Waals surface area contributed by atoms with E-state index < -0.39 is 6.10 Å². The molecule has 0 spiro atoms. The third-order valence-electron chi connectivity index (χ3n) is 3.73. The number of benzene rings is 2. The van der Waals surface area contributed by atoms with E-state index in [1.165, 1.54) is 11.8 Å². The van der Waals surface area contributed by atoms with Gasteiger partial charge in [-0.05, 0) is 29.8 Å². The standard InChI is InChI=1S/C17H15N3O3S/c1-20-17(24-12-5-3-2-4-6-12)15(18-19-20)16(21)11-7-8-13-14(9-11)23-10-22-13/h2-9,16,21H,10H2,1H3. The quantitative estimate of drug-likeness (QED) is 0.787. The molecule has 1 unspecified atom stereocenters. The summed E-state index contributed by atoms with van der Waals surface area (Å²) in [5.74, 6) is 1.32. The minimum absolute atomic E-state index is 0.204. The third kappa shape index (κ3) is 2.72.